The van der Waals surface area contributed by atoms with Gasteiger partial charge in [0.25, 0.3) is 0 Å². The Morgan fingerprint density at radius 2 is 1.46 bits per heavy atom. The topological polar surface area (TPSA) is 17.1 Å². The van der Waals surface area contributed by atoms with Crippen LogP contribution in [0.2, 0.25) is 0 Å². The monoisotopic (exact) mass is 222 g/mol. The summed E-state index contributed by atoms with van der Waals surface area (Å²) in [5.41, 5.74) is 3.53. The molecule has 1 rings (SSSR count). The molecule has 1 aliphatic rings. The molecule has 0 unspecified atom stereocenters. The summed E-state index contributed by atoms with van der Waals surface area (Å²) < 4.78 is -0.889. The van der Waals surface area contributed by atoms with E-state index < -0.39 is 4.70 Å². The fourth-order valence-electron chi connectivity index (χ4n) is 1.35. The summed E-state index contributed by atoms with van der Waals surface area (Å²) in [4.78, 5) is 8.98. The van der Waals surface area contributed by atoms with E-state index in [9.17, 15) is 0 Å². The minimum atomic E-state index is -0.889. The van der Waals surface area contributed by atoms with Crippen LogP contribution in [0.15, 0.2) is 11.1 Å². The van der Waals surface area contributed by atoms with E-state index in [0.717, 1.165) is 0 Å². The van der Waals surface area contributed by atoms with Gasteiger partial charge in [0.1, 0.15) is 0 Å². The Hall–Kier alpha value is -0.0100. The lowest BCUT2D eigenvalue weighted by Gasteiger charge is -1.82. The Balaban J connectivity index is 0.000000310. The molecule has 3 heteroatoms. The van der Waals surface area contributed by atoms with Crippen LogP contribution < -0.4 is 0 Å². The SMILES string of the molecule is CCCC1=C(CCC)C1.O=C(Cl)Cl. The van der Waals surface area contributed by atoms with Gasteiger partial charge >= 0.3 is 4.70 Å². The van der Waals surface area contributed by atoms with Gasteiger partial charge in [-0.25, -0.2) is 0 Å². The van der Waals surface area contributed by atoms with Gasteiger partial charge in [0.05, 0.1) is 0 Å². The van der Waals surface area contributed by atoms with Gasteiger partial charge in [-0.2, -0.15) is 0 Å². The first-order chi connectivity index (χ1) is 6.11. The van der Waals surface area contributed by atoms with Crippen molar-refractivity contribution in [3.8, 4) is 0 Å². The molecular formula is C10H16Cl2O. The lowest BCUT2D eigenvalue weighted by atomic mass is 10.2. The summed E-state index contributed by atoms with van der Waals surface area (Å²) in [6.45, 7) is 4.52. The molecule has 0 aromatic carbocycles. The van der Waals surface area contributed by atoms with Crippen molar-refractivity contribution in [2.24, 2.45) is 0 Å². The molecule has 13 heavy (non-hydrogen) atoms. The highest BCUT2D eigenvalue weighted by Gasteiger charge is 2.17. The molecule has 0 radical (unpaired) electrons. The second-order valence-electron chi connectivity index (χ2n) is 3.11. The second-order valence-corrected chi connectivity index (χ2v) is 3.99. The van der Waals surface area contributed by atoms with Crippen molar-refractivity contribution in [1.82, 2.24) is 0 Å². The van der Waals surface area contributed by atoms with Crippen molar-refractivity contribution in [3.63, 3.8) is 0 Å². The maximum atomic E-state index is 8.98. The molecule has 0 amide bonds. The number of rotatable bonds is 4. The van der Waals surface area contributed by atoms with Gasteiger partial charge in [-0.3, -0.25) is 4.79 Å². The van der Waals surface area contributed by atoms with Crippen molar-refractivity contribution in [1.29, 1.82) is 0 Å². The summed E-state index contributed by atoms with van der Waals surface area (Å²) in [5.74, 6) is 0. The van der Waals surface area contributed by atoms with Crippen molar-refractivity contribution in [2.45, 2.75) is 46.0 Å². The zero-order valence-electron chi connectivity index (χ0n) is 8.20. The number of allylic oxidation sites excluding steroid dienone is 2. The Bertz CT molecular complexity index is 179. The summed E-state index contributed by atoms with van der Waals surface area (Å²) in [5, 5.41) is 0. The van der Waals surface area contributed by atoms with Gasteiger partial charge in [-0.1, -0.05) is 37.8 Å². The van der Waals surface area contributed by atoms with Crippen LogP contribution in [-0.2, 0) is 0 Å². The smallest absolute Gasteiger partial charge is 0.262 e. The Labute approximate surface area is 90.1 Å². The third kappa shape index (κ3) is 8.32. The van der Waals surface area contributed by atoms with Crippen molar-refractivity contribution < 1.29 is 4.79 Å². The van der Waals surface area contributed by atoms with E-state index in [4.69, 9.17) is 4.79 Å². The minimum Gasteiger partial charge on any atom is -0.262 e. The summed E-state index contributed by atoms with van der Waals surface area (Å²) >= 11 is 8.80. The second kappa shape index (κ2) is 7.40. The van der Waals surface area contributed by atoms with Crippen LogP contribution in [0.5, 0.6) is 0 Å². The fourth-order valence-corrected chi connectivity index (χ4v) is 1.35. The number of hydrogen-bond donors (Lipinski definition) is 0. The molecule has 1 aliphatic carbocycles. The Morgan fingerprint density at radius 1 is 1.15 bits per heavy atom. The lowest BCUT2D eigenvalue weighted by molar-refractivity contribution is 0.275. The summed E-state index contributed by atoms with van der Waals surface area (Å²) in [6.07, 6.45) is 6.79. The van der Waals surface area contributed by atoms with Gasteiger partial charge < -0.3 is 0 Å². The van der Waals surface area contributed by atoms with Crippen molar-refractivity contribution >= 4 is 27.9 Å². The number of carbonyl (C=O) groups is 1. The average molecular weight is 223 g/mol. The van der Waals surface area contributed by atoms with Crippen molar-refractivity contribution in [2.75, 3.05) is 0 Å². The largest absolute Gasteiger partial charge is 0.313 e. The maximum absolute atomic E-state index is 8.98. The first-order valence-electron chi connectivity index (χ1n) is 4.66. The molecule has 0 aliphatic heterocycles. The molecule has 0 atom stereocenters. The predicted octanol–water partition coefficient (Wildman–Crippen LogP) is 4.87. The molecule has 0 aromatic heterocycles. The standard InChI is InChI=1S/C9H16.CCl2O/c1-3-5-8-7-9(8)6-4-2;2-1(3)4/h3-7H2,1-2H3;. The first kappa shape index (κ1) is 13.0. The Kier molecular flexibility index (Phi) is 7.39. The van der Waals surface area contributed by atoms with Crippen LogP contribution >= 0.6 is 23.2 Å². The molecule has 76 valence electrons. The van der Waals surface area contributed by atoms with E-state index in [1.807, 2.05) is 0 Å². The normalized spacial score (nSPS) is 13.5. The number of hydrogen-bond acceptors (Lipinski definition) is 1. The van der Waals surface area contributed by atoms with E-state index in [0.29, 0.717) is 0 Å². The molecular weight excluding hydrogens is 207 g/mol. The Morgan fingerprint density at radius 3 is 1.69 bits per heavy atom. The molecule has 0 N–H and O–H groups in total. The molecule has 0 saturated heterocycles. The highest BCUT2D eigenvalue weighted by molar-refractivity contribution is 6.93. The van der Waals surface area contributed by atoms with Gasteiger partial charge in [-0.15, -0.1) is 0 Å². The van der Waals surface area contributed by atoms with Gasteiger partial charge in [0.2, 0.25) is 0 Å². The highest BCUT2D eigenvalue weighted by Crippen LogP contribution is 2.37. The molecule has 0 heterocycles. The summed E-state index contributed by atoms with van der Waals surface area (Å²) in [7, 11) is 0. The molecule has 0 bridgehead atoms. The zero-order chi connectivity index (χ0) is 10.3. The molecule has 0 spiro atoms. The minimum absolute atomic E-state index is 0.889. The first-order valence-corrected chi connectivity index (χ1v) is 5.42. The van der Waals surface area contributed by atoms with Crippen LogP contribution in [0, 0.1) is 0 Å². The molecule has 1 nitrogen and oxygen atoms in total. The van der Waals surface area contributed by atoms with E-state index in [2.05, 4.69) is 37.0 Å². The predicted molar refractivity (Wildman–Crippen MR) is 58.6 cm³/mol. The number of halogens is 2. The quantitative estimate of drug-likeness (QED) is 0.490. The number of carbonyl (C=O) groups excluding carboxylic acids is 1. The third-order valence-corrected chi connectivity index (χ3v) is 1.91. The molecule has 0 aromatic rings. The zero-order valence-corrected chi connectivity index (χ0v) is 9.71. The van der Waals surface area contributed by atoms with Crippen LogP contribution in [0.25, 0.3) is 0 Å². The lowest BCUT2D eigenvalue weighted by Crippen LogP contribution is -1.62. The van der Waals surface area contributed by atoms with E-state index in [1.54, 1.807) is 11.1 Å². The van der Waals surface area contributed by atoms with Crippen LogP contribution in [0.4, 0.5) is 4.79 Å². The van der Waals surface area contributed by atoms with Gasteiger partial charge in [-0.05, 0) is 42.5 Å². The van der Waals surface area contributed by atoms with E-state index >= 15 is 0 Å². The van der Waals surface area contributed by atoms with Crippen LogP contribution in [-0.4, -0.2) is 4.70 Å². The van der Waals surface area contributed by atoms with Crippen LogP contribution in [0.3, 0.4) is 0 Å². The maximum Gasteiger partial charge on any atom is 0.313 e. The molecule has 0 saturated carbocycles. The fraction of sp³-hybridized carbons (Fsp3) is 0.700. The highest BCUT2D eigenvalue weighted by atomic mass is 35.5. The van der Waals surface area contributed by atoms with Gasteiger partial charge in [0.15, 0.2) is 0 Å². The van der Waals surface area contributed by atoms with E-state index in [1.165, 1.54) is 32.1 Å². The van der Waals surface area contributed by atoms with E-state index in [-0.39, 0.29) is 0 Å². The van der Waals surface area contributed by atoms with Crippen molar-refractivity contribution in [3.05, 3.63) is 11.1 Å². The summed E-state index contributed by atoms with van der Waals surface area (Å²) in [6, 6.07) is 0. The van der Waals surface area contributed by atoms with Crippen LogP contribution in [0.1, 0.15) is 46.0 Å². The van der Waals surface area contributed by atoms with Gasteiger partial charge in [0, 0.05) is 0 Å². The average Bonchev–Trinajstić information content (AvgIpc) is 2.68. The third-order valence-electron chi connectivity index (χ3n) is 1.91. The molecule has 0 fully saturated rings.